The number of halogens is 2. The summed E-state index contributed by atoms with van der Waals surface area (Å²) in [5.74, 6) is -2.10. The molecule has 2 rings (SSSR count). The van der Waals surface area contributed by atoms with Gasteiger partial charge in [-0.3, -0.25) is 9.59 Å². The van der Waals surface area contributed by atoms with Crippen molar-refractivity contribution in [1.82, 2.24) is 0 Å². The van der Waals surface area contributed by atoms with Gasteiger partial charge >= 0.3 is 0 Å². The van der Waals surface area contributed by atoms with E-state index >= 15 is 0 Å². The van der Waals surface area contributed by atoms with Crippen LogP contribution in [0.15, 0.2) is 16.6 Å². The molecule has 1 aliphatic rings. The summed E-state index contributed by atoms with van der Waals surface area (Å²) in [5, 5.41) is 2.16. The van der Waals surface area contributed by atoms with E-state index in [1.807, 2.05) is 0 Å². The van der Waals surface area contributed by atoms with Crippen molar-refractivity contribution in [2.24, 2.45) is 0 Å². The number of benzene rings is 1. The van der Waals surface area contributed by atoms with Crippen LogP contribution in [0.2, 0.25) is 0 Å². The lowest BCUT2D eigenvalue weighted by molar-refractivity contribution is -0.112. The fraction of sp³-hybridized carbons (Fsp3) is 0. The van der Waals surface area contributed by atoms with Crippen LogP contribution in [-0.4, -0.2) is 11.7 Å². The molecule has 1 aromatic rings. The Morgan fingerprint density at radius 3 is 2.62 bits per heavy atom. The smallest absolute Gasteiger partial charge is 0.296 e. The van der Waals surface area contributed by atoms with Crippen molar-refractivity contribution in [2.45, 2.75) is 0 Å². The van der Waals surface area contributed by atoms with Gasteiger partial charge in [-0.2, -0.15) is 0 Å². The minimum atomic E-state index is -0.791. The summed E-state index contributed by atoms with van der Waals surface area (Å²) in [5.41, 5.74) is 0.0365. The number of nitrogens with one attached hydrogen (secondary N) is 1. The largest absolute Gasteiger partial charge is 0.316 e. The van der Waals surface area contributed by atoms with E-state index in [0.717, 1.165) is 0 Å². The van der Waals surface area contributed by atoms with E-state index in [-0.39, 0.29) is 11.3 Å². The zero-order chi connectivity index (χ0) is 9.59. The number of Topliss-reactive ketones (excluding diaryl/α,β-unsaturated/α-hetero) is 1. The third-order valence-corrected chi connectivity index (χ3v) is 2.44. The highest BCUT2D eigenvalue weighted by Gasteiger charge is 2.32. The van der Waals surface area contributed by atoms with Crippen LogP contribution in [0.5, 0.6) is 0 Å². The molecule has 0 fully saturated rings. The van der Waals surface area contributed by atoms with E-state index in [1.54, 1.807) is 0 Å². The van der Waals surface area contributed by atoms with Crippen molar-refractivity contribution in [1.29, 1.82) is 0 Å². The number of fused-ring (bicyclic) bond motifs is 1. The molecule has 1 heterocycles. The fourth-order valence-corrected chi connectivity index (χ4v) is 1.69. The summed E-state index contributed by atoms with van der Waals surface area (Å²) in [6, 6.07) is 2.58. The zero-order valence-corrected chi connectivity index (χ0v) is 7.81. The highest BCUT2D eigenvalue weighted by atomic mass is 79.9. The van der Waals surface area contributed by atoms with Crippen molar-refractivity contribution < 1.29 is 14.0 Å². The van der Waals surface area contributed by atoms with E-state index in [2.05, 4.69) is 21.2 Å². The molecule has 0 spiro atoms. The SMILES string of the molecule is O=C1Nc2c(F)ccc(Br)c2C1=O. The number of rotatable bonds is 0. The van der Waals surface area contributed by atoms with E-state index in [9.17, 15) is 14.0 Å². The molecule has 0 bridgehead atoms. The van der Waals surface area contributed by atoms with Crippen LogP contribution in [0.25, 0.3) is 0 Å². The van der Waals surface area contributed by atoms with Gasteiger partial charge < -0.3 is 5.32 Å². The van der Waals surface area contributed by atoms with Crippen LogP contribution < -0.4 is 5.32 Å². The highest BCUT2D eigenvalue weighted by Crippen LogP contribution is 2.32. The summed E-state index contributed by atoms with van der Waals surface area (Å²) < 4.78 is 13.5. The monoisotopic (exact) mass is 243 g/mol. The maximum Gasteiger partial charge on any atom is 0.296 e. The summed E-state index contributed by atoms with van der Waals surface area (Å²) >= 11 is 3.07. The molecule has 0 aliphatic carbocycles. The normalized spacial score (nSPS) is 14.3. The molecule has 0 saturated heterocycles. The average molecular weight is 244 g/mol. The first-order valence-electron chi connectivity index (χ1n) is 3.45. The van der Waals surface area contributed by atoms with Gasteiger partial charge in [0.2, 0.25) is 0 Å². The molecule has 3 nitrogen and oxygen atoms in total. The third-order valence-electron chi connectivity index (χ3n) is 1.78. The van der Waals surface area contributed by atoms with Crippen molar-refractivity contribution in [3.8, 4) is 0 Å². The molecule has 0 saturated carbocycles. The second-order valence-corrected chi connectivity index (χ2v) is 3.42. The summed E-state index contributed by atoms with van der Waals surface area (Å²) in [6.45, 7) is 0. The number of carbonyl (C=O) groups excluding carboxylic acids is 2. The first-order chi connectivity index (χ1) is 6.11. The third kappa shape index (κ3) is 1.07. The molecule has 1 aromatic carbocycles. The van der Waals surface area contributed by atoms with Crippen LogP contribution in [0.4, 0.5) is 10.1 Å². The molecule has 13 heavy (non-hydrogen) atoms. The lowest BCUT2D eigenvalue weighted by atomic mass is 10.1. The zero-order valence-electron chi connectivity index (χ0n) is 6.23. The Hall–Kier alpha value is -1.23. The topological polar surface area (TPSA) is 46.2 Å². The summed E-state index contributed by atoms with van der Waals surface area (Å²) in [6.07, 6.45) is 0. The first kappa shape index (κ1) is 8.37. The highest BCUT2D eigenvalue weighted by molar-refractivity contribution is 9.10. The Bertz CT molecular complexity index is 430. The number of hydrogen-bond acceptors (Lipinski definition) is 2. The van der Waals surface area contributed by atoms with E-state index < -0.39 is 17.5 Å². The predicted octanol–water partition coefficient (Wildman–Crippen LogP) is 1.72. The molecular formula is C8H3BrFNO2. The minimum Gasteiger partial charge on any atom is -0.316 e. The van der Waals surface area contributed by atoms with E-state index in [0.29, 0.717) is 4.47 Å². The number of carbonyl (C=O) groups is 2. The molecular weight excluding hydrogens is 241 g/mol. The van der Waals surface area contributed by atoms with Crippen LogP contribution in [-0.2, 0) is 4.79 Å². The molecule has 1 aliphatic heterocycles. The Kier molecular flexibility index (Phi) is 1.69. The summed E-state index contributed by atoms with van der Waals surface area (Å²) in [4.78, 5) is 22.0. The van der Waals surface area contributed by atoms with Gasteiger partial charge in [0, 0.05) is 4.47 Å². The van der Waals surface area contributed by atoms with Gasteiger partial charge in [-0.15, -0.1) is 0 Å². The molecule has 1 amide bonds. The van der Waals surface area contributed by atoms with Gasteiger partial charge in [0.25, 0.3) is 11.7 Å². The predicted molar refractivity (Wildman–Crippen MR) is 47.1 cm³/mol. The molecule has 0 aromatic heterocycles. The minimum absolute atomic E-state index is 0.0376. The Morgan fingerprint density at radius 2 is 2.00 bits per heavy atom. The molecule has 0 radical (unpaired) electrons. The average Bonchev–Trinajstić information content (AvgIpc) is 2.38. The lowest BCUT2D eigenvalue weighted by Gasteiger charge is -1.99. The number of anilines is 1. The molecule has 0 atom stereocenters. The first-order valence-corrected chi connectivity index (χ1v) is 4.24. The Balaban J connectivity index is 2.75. The Labute approximate surface area is 81.1 Å². The molecule has 0 unspecified atom stereocenters. The maximum atomic E-state index is 13.0. The van der Waals surface area contributed by atoms with E-state index in [1.165, 1.54) is 12.1 Å². The maximum absolute atomic E-state index is 13.0. The van der Waals surface area contributed by atoms with Crippen molar-refractivity contribution in [3.05, 3.63) is 28.0 Å². The van der Waals surface area contributed by atoms with Crippen LogP contribution in [0.1, 0.15) is 10.4 Å². The van der Waals surface area contributed by atoms with Crippen LogP contribution in [0.3, 0.4) is 0 Å². The Morgan fingerprint density at radius 1 is 1.31 bits per heavy atom. The van der Waals surface area contributed by atoms with Gasteiger partial charge in [0.1, 0.15) is 5.82 Å². The van der Waals surface area contributed by atoms with Crippen LogP contribution >= 0.6 is 15.9 Å². The molecule has 5 heteroatoms. The van der Waals surface area contributed by atoms with Crippen molar-refractivity contribution >= 4 is 33.3 Å². The van der Waals surface area contributed by atoms with Gasteiger partial charge in [0.05, 0.1) is 11.3 Å². The quantitative estimate of drug-likeness (QED) is 0.706. The molecule has 66 valence electrons. The van der Waals surface area contributed by atoms with Crippen molar-refractivity contribution in [3.63, 3.8) is 0 Å². The van der Waals surface area contributed by atoms with Gasteiger partial charge in [0.15, 0.2) is 0 Å². The fourth-order valence-electron chi connectivity index (χ4n) is 1.18. The standard InChI is InChI=1S/C8H3BrFNO2/c9-3-1-2-4(10)6-5(3)7(12)8(13)11-6/h1-2H,(H,11,12,13). The number of amides is 1. The van der Waals surface area contributed by atoms with E-state index in [4.69, 9.17) is 0 Å². The van der Waals surface area contributed by atoms with Gasteiger partial charge in [-0.25, -0.2) is 4.39 Å². The van der Waals surface area contributed by atoms with Gasteiger partial charge in [-0.05, 0) is 28.1 Å². The lowest BCUT2D eigenvalue weighted by Crippen LogP contribution is -2.12. The molecule has 1 N–H and O–H groups in total. The van der Waals surface area contributed by atoms with Gasteiger partial charge in [-0.1, -0.05) is 0 Å². The van der Waals surface area contributed by atoms with Crippen LogP contribution in [0, 0.1) is 5.82 Å². The second kappa shape index (κ2) is 2.63. The second-order valence-electron chi connectivity index (χ2n) is 2.56. The van der Waals surface area contributed by atoms with Crippen molar-refractivity contribution in [2.75, 3.05) is 5.32 Å². The summed E-state index contributed by atoms with van der Waals surface area (Å²) in [7, 11) is 0. The number of ketones is 1. The number of hydrogen-bond donors (Lipinski definition) is 1.